The Kier molecular flexibility index (Phi) is 7.02. The lowest BCUT2D eigenvalue weighted by atomic mass is 10.2. The van der Waals surface area contributed by atoms with Crippen LogP contribution >= 0.6 is 0 Å². The molecule has 3 rings (SSSR count). The molecule has 1 N–H and O–H groups in total. The zero-order chi connectivity index (χ0) is 18.4. The molecule has 1 atom stereocenters. The van der Waals surface area contributed by atoms with E-state index in [9.17, 15) is 13.5 Å². The molecule has 146 valence electrons. The molecular weight excluding hydrogens is 354 g/mol. The molecule has 0 saturated carbocycles. The van der Waals surface area contributed by atoms with Crippen LogP contribution in [0.25, 0.3) is 0 Å². The van der Waals surface area contributed by atoms with E-state index in [4.69, 9.17) is 4.74 Å². The first-order valence-electron chi connectivity index (χ1n) is 9.25. The van der Waals surface area contributed by atoms with Crippen molar-refractivity contribution < 1.29 is 18.3 Å². The highest BCUT2D eigenvalue weighted by Gasteiger charge is 2.28. The van der Waals surface area contributed by atoms with Crippen LogP contribution < -0.4 is 0 Å². The van der Waals surface area contributed by atoms with E-state index in [1.165, 1.54) is 0 Å². The van der Waals surface area contributed by atoms with Gasteiger partial charge in [-0.05, 0) is 5.56 Å². The summed E-state index contributed by atoms with van der Waals surface area (Å²) < 4.78 is 32.1. The van der Waals surface area contributed by atoms with Crippen LogP contribution in [0.15, 0.2) is 30.3 Å². The molecule has 2 aliphatic rings. The van der Waals surface area contributed by atoms with Gasteiger partial charge in [0, 0.05) is 52.4 Å². The molecule has 0 amide bonds. The number of morpholine rings is 1. The van der Waals surface area contributed by atoms with Gasteiger partial charge in [-0.2, -0.15) is 4.31 Å². The van der Waals surface area contributed by atoms with E-state index in [2.05, 4.69) is 9.80 Å². The van der Waals surface area contributed by atoms with Gasteiger partial charge in [0.25, 0.3) is 0 Å². The molecule has 0 aromatic heterocycles. The molecule has 26 heavy (non-hydrogen) atoms. The predicted molar refractivity (Wildman–Crippen MR) is 100 cm³/mol. The zero-order valence-corrected chi connectivity index (χ0v) is 16.0. The number of β-amino-alcohol motifs (C(OH)–C–C–N with tert-alkyl or cyclic N) is 1. The number of ether oxygens (including phenoxy) is 1. The summed E-state index contributed by atoms with van der Waals surface area (Å²) in [5.41, 5.74) is 0.816. The molecular formula is C18H29N3O4S. The largest absolute Gasteiger partial charge is 0.390 e. The number of benzene rings is 1. The Hall–Kier alpha value is -1.03. The maximum Gasteiger partial charge on any atom is 0.218 e. The molecule has 8 heteroatoms. The van der Waals surface area contributed by atoms with Crippen LogP contribution in [0.5, 0.6) is 0 Å². The first-order valence-corrected chi connectivity index (χ1v) is 10.9. The van der Waals surface area contributed by atoms with Crippen molar-refractivity contribution in [2.75, 3.05) is 65.6 Å². The van der Waals surface area contributed by atoms with Crippen LogP contribution in [0.4, 0.5) is 0 Å². The van der Waals surface area contributed by atoms with E-state index in [0.29, 0.717) is 39.3 Å². The lowest BCUT2D eigenvalue weighted by Gasteiger charge is -2.36. The fraction of sp³-hybridized carbons (Fsp3) is 0.667. The number of rotatable bonds is 7. The first-order chi connectivity index (χ1) is 12.5. The number of hydrogen-bond acceptors (Lipinski definition) is 6. The molecule has 1 aromatic carbocycles. The monoisotopic (exact) mass is 383 g/mol. The van der Waals surface area contributed by atoms with Crippen molar-refractivity contribution in [1.82, 2.24) is 14.1 Å². The third kappa shape index (κ3) is 5.73. The van der Waals surface area contributed by atoms with Gasteiger partial charge in [-0.3, -0.25) is 9.80 Å². The summed E-state index contributed by atoms with van der Waals surface area (Å²) in [6.45, 7) is 6.71. The molecule has 0 aliphatic carbocycles. The van der Waals surface area contributed by atoms with Gasteiger partial charge in [0.15, 0.2) is 0 Å². The molecule has 2 aliphatic heterocycles. The predicted octanol–water partition coefficient (Wildman–Crippen LogP) is -0.173. The van der Waals surface area contributed by atoms with E-state index in [-0.39, 0.29) is 5.75 Å². The normalized spacial score (nSPS) is 22.3. The number of aliphatic hydroxyl groups excluding tert-OH is 1. The maximum absolute atomic E-state index is 12.6. The quantitative estimate of drug-likeness (QED) is 0.705. The van der Waals surface area contributed by atoms with Gasteiger partial charge in [-0.25, -0.2) is 8.42 Å². The molecule has 2 heterocycles. The van der Waals surface area contributed by atoms with Crippen molar-refractivity contribution in [3.63, 3.8) is 0 Å². The summed E-state index contributed by atoms with van der Waals surface area (Å²) in [6, 6.07) is 9.29. The molecule has 2 saturated heterocycles. The van der Waals surface area contributed by atoms with E-state index in [0.717, 1.165) is 31.9 Å². The van der Waals surface area contributed by atoms with Crippen LogP contribution in [0, 0.1) is 0 Å². The summed E-state index contributed by atoms with van der Waals surface area (Å²) in [5, 5.41) is 10.3. The standard InChI is InChI=1S/C18H29N3O4S/c22-18(15-20-10-12-25-13-11-20)14-19-6-8-21(9-7-19)26(23,24)16-17-4-2-1-3-5-17/h1-5,18,22H,6-16H2/t18-/m0/s1. The Labute approximate surface area is 156 Å². The molecule has 7 nitrogen and oxygen atoms in total. The van der Waals surface area contributed by atoms with E-state index < -0.39 is 16.1 Å². The summed E-state index contributed by atoms with van der Waals surface area (Å²) in [7, 11) is -3.29. The minimum absolute atomic E-state index is 0.0491. The minimum atomic E-state index is -3.29. The highest BCUT2D eigenvalue weighted by atomic mass is 32.2. The molecule has 2 fully saturated rings. The van der Waals surface area contributed by atoms with Crippen molar-refractivity contribution in [1.29, 1.82) is 0 Å². The molecule has 1 aromatic rings. The average Bonchev–Trinajstić information content (AvgIpc) is 2.63. The molecule has 0 radical (unpaired) electrons. The number of sulfonamides is 1. The van der Waals surface area contributed by atoms with Crippen LogP contribution in [0.1, 0.15) is 5.56 Å². The molecule has 0 bridgehead atoms. The Balaban J connectivity index is 1.43. The van der Waals surface area contributed by atoms with Gasteiger partial charge >= 0.3 is 0 Å². The lowest BCUT2D eigenvalue weighted by molar-refractivity contribution is 0.00469. The Morgan fingerprint density at radius 1 is 0.923 bits per heavy atom. The smallest absolute Gasteiger partial charge is 0.218 e. The van der Waals surface area contributed by atoms with Crippen LogP contribution in [0.3, 0.4) is 0 Å². The van der Waals surface area contributed by atoms with Crippen LogP contribution in [0.2, 0.25) is 0 Å². The van der Waals surface area contributed by atoms with Crippen LogP contribution in [-0.4, -0.2) is 99.3 Å². The Morgan fingerprint density at radius 3 is 2.12 bits per heavy atom. The van der Waals surface area contributed by atoms with Crippen molar-refractivity contribution in [2.45, 2.75) is 11.9 Å². The van der Waals surface area contributed by atoms with Crippen LogP contribution in [-0.2, 0) is 20.5 Å². The van der Waals surface area contributed by atoms with Crippen molar-refractivity contribution >= 4 is 10.0 Å². The fourth-order valence-corrected chi connectivity index (χ4v) is 5.02. The van der Waals surface area contributed by atoms with Crippen molar-refractivity contribution in [2.24, 2.45) is 0 Å². The van der Waals surface area contributed by atoms with Gasteiger partial charge < -0.3 is 9.84 Å². The summed E-state index contributed by atoms with van der Waals surface area (Å²) in [4.78, 5) is 4.37. The third-order valence-corrected chi connectivity index (χ3v) is 6.81. The highest BCUT2D eigenvalue weighted by molar-refractivity contribution is 7.88. The Bertz CT molecular complexity index is 642. The highest BCUT2D eigenvalue weighted by Crippen LogP contribution is 2.14. The van der Waals surface area contributed by atoms with Crippen molar-refractivity contribution in [3.8, 4) is 0 Å². The number of aliphatic hydroxyl groups is 1. The lowest BCUT2D eigenvalue weighted by Crippen LogP contribution is -2.52. The fourth-order valence-electron chi connectivity index (χ4n) is 3.50. The molecule has 0 spiro atoms. The van der Waals surface area contributed by atoms with Gasteiger partial charge in [0.05, 0.1) is 25.1 Å². The van der Waals surface area contributed by atoms with E-state index in [1.54, 1.807) is 4.31 Å². The van der Waals surface area contributed by atoms with E-state index in [1.807, 2.05) is 30.3 Å². The second kappa shape index (κ2) is 9.25. The zero-order valence-electron chi connectivity index (χ0n) is 15.2. The summed E-state index contributed by atoms with van der Waals surface area (Å²) in [5.74, 6) is 0.0491. The Morgan fingerprint density at radius 2 is 1.50 bits per heavy atom. The first kappa shape index (κ1) is 19.7. The van der Waals surface area contributed by atoms with Gasteiger partial charge in [-0.1, -0.05) is 30.3 Å². The summed E-state index contributed by atoms with van der Waals surface area (Å²) in [6.07, 6.45) is -0.416. The second-order valence-corrected chi connectivity index (χ2v) is 8.98. The summed E-state index contributed by atoms with van der Waals surface area (Å²) >= 11 is 0. The van der Waals surface area contributed by atoms with Gasteiger partial charge in [0.2, 0.25) is 10.0 Å². The van der Waals surface area contributed by atoms with Gasteiger partial charge in [0.1, 0.15) is 0 Å². The second-order valence-electron chi connectivity index (χ2n) is 7.01. The third-order valence-electron chi connectivity index (χ3n) is 4.96. The molecule has 0 unspecified atom stereocenters. The average molecular weight is 384 g/mol. The number of piperazine rings is 1. The van der Waals surface area contributed by atoms with Crippen molar-refractivity contribution in [3.05, 3.63) is 35.9 Å². The van der Waals surface area contributed by atoms with E-state index >= 15 is 0 Å². The minimum Gasteiger partial charge on any atom is -0.390 e. The topological polar surface area (TPSA) is 73.3 Å². The SMILES string of the molecule is O=S(=O)(Cc1ccccc1)N1CCN(C[C@H](O)CN2CCOCC2)CC1. The maximum atomic E-state index is 12.6. The number of hydrogen-bond donors (Lipinski definition) is 1. The van der Waals surface area contributed by atoms with Gasteiger partial charge in [-0.15, -0.1) is 0 Å². The number of nitrogens with zero attached hydrogens (tertiary/aromatic N) is 3.